The van der Waals surface area contributed by atoms with Gasteiger partial charge >= 0.3 is 88.0 Å². The van der Waals surface area contributed by atoms with Gasteiger partial charge in [-0.15, -0.1) is 70.4 Å². The third-order valence-corrected chi connectivity index (χ3v) is 30.5. The molecule has 0 radical (unpaired) electrons. The van der Waals surface area contributed by atoms with Crippen LogP contribution in [-0.4, -0.2) is 58.0 Å². The maximum atomic E-state index is 5.72. The van der Waals surface area contributed by atoms with E-state index < -0.39 is 0 Å². The molecule has 21 aromatic rings. The number of aryl methyl sites for hydroxylation is 6. The van der Waals surface area contributed by atoms with Gasteiger partial charge < -0.3 is 38.7 Å². The molecule has 145 heavy (non-hydrogen) atoms. The summed E-state index contributed by atoms with van der Waals surface area (Å²) in [5.74, 6) is 2.99. The zero-order chi connectivity index (χ0) is 98.5. The fourth-order valence-corrected chi connectivity index (χ4v) is 23.9. The Morgan fingerprint density at radius 1 is 0.283 bits per heavy atom. The van der Waals surface area contributed by atoms with Crippen LogP contribution in [0.1, 0.15) is 198 Å². The largest absolute Gasteiger partial charge is 2.00 e. The third-order valence-electron chi connectivity index (χ3n) is 30.5. The van der Waals surface area contributed by atoms with Crippen molar-refractivity contribution >= 4 is 117 Å². The van der Waals surface area contributed by atoms with Gasteiger partial charge in [0.25, 0.3) is 0 Å². The summed E-state index contributed by atoms with van der Waals surface area (Å²) in [7, 11) is 0. The number of aromatic nitrogens is 12. The molecule has 0 unspecified atom stereocenters. The van der Waals surface area contributed by atoms with Crippen molar-refractivity contribution in [3.8, 4) is 34.5 Å². The predicted octanol–water partition coefficient (Wildman–Crippen LogP) is 30.9. The SMILES string of the molecule is CC.Cc1cc(C)n(-c2[c-]c(N3c4[c-]c5c(cc4C(C)(C)c4ccccc43)c3cccc4c3n5-c3ncccc3C4(C)C)ccc2)n1.Cc1cc(C)n(-c2[c-]c(N3c4[c-]c5c(cc4C(C)(C)c4ccccc43)c3cccc4c3n5-c3ncccc3C4(C)C)ccc2)n1.Cc1cc(C)n(-c2cccc(N3c4ccccc4C(C)(C)c4cc5c6cccc7c6n(c5cc43)-c3ncccc3C7(C)C)c2)n1.[CH3-].[CH3-].[NH]=[Pd].[NH]=[Pt].[Pd+2].[Pt+2]. The molecule has 0 saturated heterocycles. The molecule has 738 valence electrons. The maximum absolute atomic E-state index is 5.72. The van der Waals surface area contributed by atoms with Gasteiger partial charge in [0.1, 0.15) is 17.5 Å². The van der Waals surface area contributed by atoms with Crippen LogP contribution in [0, 0.1) is 88.6 Å². The number of hydrogen-bond donors (Lipinski definition) is 2. The average molecular weight is 2450 g/mol. The fourth-order valence-electron chi connectivity index (χ4n) is 23.9. The van der Waals surface area contributed by atoms with E-state index >= 15 is 0 Å². The van der Waals surface area contributed by atoms with E-state index in [0.717, 1.165) is 120 Å². The average Bonchev–Trinajstić information content (AvgIpc) is 1.54. The quantitative estimate of drug-likeness (QED) is 0.122. The first-order valence-electron chi connectivity index (χ1n) is 48.3. The van der Waals surface area contributed by atoms with Crippen LogP contribution in [0.5, 0.6) is 0 Å². The van der Waals surface area contributed by atoms with E-state index in [2.05, 4.69) is 423 Å². The van der Waals surface area contributed by atoms with Crippen molar-refractivity contribution < 1.29 is 80.1 Å². The monoisotopic (exact) mass is 2440 g/mol. The zero-order valence-electron chi connectivity index (χ0n) is 85.6. The summed E-state index contributed by atoms with van der Waals surface area (Å²) in [4.78, 5) is 22.1. The molecule has 0 spiro atoms. The van der Waals surface area contributed by atoms with E-state index in [0.29, 0.717) is 0 Å². The Hall–Kier alpha value is -13.2. The molecule has 0 aliphatic carbocycles. The minimum absolute atomic E-state index is 0. The molecule has 0 saturated carbocycles. The Kier molecular flexibility index (Phi) is 26.5. The molecule has 27 rings (SSSR count). The van der Waals surface area contributed by atoms with Crippen molar-refractivity contribution in [2.45, 2.75) is 171 Å². The fraction of sp³-hybridized carbons (Fsp3) is 0.210. The number of fused-ring (bicyclic) bond motifs is 21. The van der Waals surface area contributed by atoms with Gasteiger partial charge in [-0.1, -0.05) is 264 Å². The molecule has 9 aromatic heterocycles. The molecule has 12 aromatic carbocycles. The van der Waals surface area contributed by atoms with Gasteiger partial charge in [0.15, 0.2) is 0 Å². The maximum Gasteiger partial charge on any atom is 2.00 e. The van der Waals surface area contributed by atoms with E-state index in [1.807, 2.05) is 86.3 Å². The van der Waals surface area contributed by atoms with Crippen molar-refractivity contribution in [3.63, 3.8) is 0 Å². The number of hydrogen-bond acceptors (Lipinski definition) is 11. The zero-order valence-corrected chi connectivity index (χ0v) is 93.3. The smallest absolute Gasteiger partial charge is 2.00 e. The van der Waals surface area contributed by atoms with Crippen LogP contribution in [-0.2, 0) is 113 Å². The summed E-state index contributed by atoms with van der Waals surface area (Å²) < 4.78 is 24.4. The number of pyridine rings is 3. The molecule has 0 amide bonds. The molecule has 0 fully saturated rings. The van der Waals surface area contributed by atoms with Gasteiger partial charge in [-0.05, 0) is 198 Å². The summed E-state index contributed by atoms with van der Waals surface area (Å²) in [5, 5.41) is 21.8. The minimum atomic E-state index is -0.248. The van der Waals surface area contributed by atoms with E-state index in [1.54, 1.807) is 0 Å². The molecular formula is C124H115N17Pd2Pt2-2. The number of nitrogens with one attached hydrogen (secondary N) is 2. The molecule has 0 atom stereocenters. The van der Waals surface area contributed by atoms with Gasteiger partial charge in [0, 0.05) is 113 Å². The molecule has 21 heteroatoms. The molecule has 6 aliphatic heterocycles. The van der Waals surface area contributed by atoms with Crippen LogP contribution < -0.4 is 14.7 Å². The van der Waals surface area contributed by atoms with E-state index in [9.17, 15) is 0 Å². The first-order chi connectivity index (χ1) is 68.0. The summed E-state index contributed by atoms with van der Waals surface area (Å²) in [6.45, 7) is 44.3. The van der Waals surface area contributed by atoms with Crippen molar-refractivity contribution in [2.75, 3.05) is 14.7 Å². The van der Waals surface area contributed by atoms with Crippen LogP contribution in [0.2, 0.25) is 0 Å². The van der Waals surface area contributed by atoms with E-state index in [-0.39, 0.29) is 88.8 Å². The van der Waals surface area contributed by atoms with Gasteiger partial charge in [-0.25, -0.2) is 19.6 Å². The van der Waals surface area contributed by atoms with Gasteiger partial charge in [0.2, 0.25) is 0 Å². The first-order valence-corrected chi connectivity index (χ1v) is 50.2. The Labute approximate surface area is 900 Å². The number of benzene rings is 12. The number of para-hydroxylation sites is 6. The van der Waals surface area contributed by atoms with Gasteiger partial charge in [0.05, 0.1) is 45.2 Å². The number of nitrogens with zero attached hydrogens (tertiary/aromatic N) is 15. The van der Waals surface area contributed by atoms with Crippen LogP contribution in [0.25, 0.3) is 99.9 Å². The van der Waals surface area contributed by atoms with Crippen molar-refractivity contribution in [1.29, 1.82) is 7.90 Å². The van der Waals surface area contributed by atoms with Crippen LogP contribution in [0.15, 0.2) is 286 Å². The Morgan fingerprint density at radius 3 is 0.993 bits per heavy atom. The van der Waals surface area contributed by atoms with E-state index in [4.69, 9.17) is 38.1 Å². The Bertz CT molecular complexity index is 7970. The summed E-state index contributed by atoms with van der Waals surface area (Å²) in [5.41, 5.74) is 40.0. The summed E-state index contributed by atoms with van der Waals surface area (Å²) >= 11 is 3.39. The van der Waals surface area contributed by atoms with Crippen molar-refractivity contribution in [1.82, 2.24) is 58.0 Å². The normalized spacial score (nSPS) is 14.7. The molecule has 15 heterocycles. The molecule has 2 N–H and O–H groups in total. The second kappa shape index (κ2) is 37.7. The molecule has 17 nitrogen and oxygen atoms in total. The standard InChI is InChI=1S/C40H35N5.2C40H33N5.C2H6.2CH3.2HN.2Pd.2Pt/c3*1-24-20-25(2)45(42-24)27-13-9-12-26(21-27)43-34-18-8-7-15-30(34)39(3,4)33-22-29-28-14-10-16-31-37(28)44(35(29)23-36(33)43)38-32(40(31,5)6)17-11-19-41-38;1-2;;;;;;;;/h7-23H,1-6H3;2*7-20,22H,1-6H3;1-2H3;2*1H3;2*1H;;;;/q;2*-2;;2*-1;;;;+2;;+2. The Morgan fingerprint density at radius 2 is 0.593 bits per heavy atom. The summed E-state index contributed by atoms with van der Waals surface area (Å²) in [6, 6.07) is 112. The number of anilines is 9. The van der Waals surface area contributed by atoms with Gasteiger partial charge in [-0.2, -0.15) is 39.6 Å². The Balaban J connectivity index is 0.000000137. The van der Waals surface area contributed by atoms with Gasteiger partial charge in [-0.3, -0.25) is 13.9 Å². The summed E-state index contributed by atoms with van der Waals surface area (Å²) in [6.07, 6.45) is 5.74. The van der Waals surface area contributed by atoms with Crippen molar-refractivity contribution in [2.24, 2.45) is 0 Å². The minimum Gasteiger partial charge on any atom is 2.00 e. The molecule has 0 bridgehead atoms. The van der Waals surface area contributed by atoms with Crippen LogP contribution in [0.4, 0.5) is 51.2 Å². The first kappa shape index (κ1) is 102. The molecule has 6 aliphatic rings. The second-order valence-corrected chi connectivity index (χ2v) is 40.9. The predicted molar refractivity (Wildman–Crippen MR) is 577 cm³/mol. The third kappa shape index (κ3) is 15.3. The van der Waals surface area contributed by atoms with Crippen molar-refractivity contribution in [3.05, 3.63) is 426 Å². The van der Waals surface area contributed by atoms with Crippen LogP contribution in [0.3, 0.4) is 0 Å². The number of rotatable bonds is 6. The molecular weight excluding hydrogens is 2330 g/mol. The van der Waals surface area contributed by atoms with Crippen LogP contribution >= 0.6 is 0 Å². The second-order valence-electron chi connectivity index (χ2n) is 40.9. The van der Waals surface area contributed by atoms with E-state index in [1.165, 1.54) is 152 Å². The topological polar surface area (TPSA) is 164 Å².